The topological polar surface area (TPSA) is 89.3 Å². The molecule has 3 aromatic carbocycles. The Bertz CT molecular complexity index is 1440. The largest absolute Gasteiger partial charge is 0.478 e. The zero-order chi connectivity index (χ0) is 24.3. The number of carbonyl (C=O) groups is 1. The third kappa shape index (κ3) is 4.75. The number of benzene rings is 3. The number of carboxylic acids is 1. The summed E-state index contributed by atoms with van der Waals surface area (Å²) in [7, 11) is -3.32. The van der Waals surface area contributed by atoms with E-state index in [1.54, 1.807) is 43.3 Å². The first kappa shape index (κ1) is 23.7. The van der Waals surface area contributed by atoms with Crippen LogP contribution in [0.2, 0.25) is 0 Å². The molecule has 0 radical (unpaired) electrons. The smallest absolute Gasteiger partial charge is 0.336 e. The minimum absolute atomic E-state index is 0.0502. The number of carboxylic acid groups (broad SMARTS) is 1. The summed E-state index contributed by atoms with van der Waals surface area (Å²) in [5, 5.41) is 9.50. The molecule has 4 aromatic rings. The maximum absolute atomic E-state index is 12.5. The zero-order valence-electron chi connectivity index (χ0n) is 19.4. The van der Waals surface area contributed by atoms with Crippen molar-refractivity contribution < 1.29 is 18.3 Å². The molecule has 0 aliphatic rings. The Balaban J connectivity index is 1.73. The predicted molar refractivity (Wildman–Crippen MR) is 134 cm³/mol. The normalized spacial score (nSPS) is 11.7. The fourth-order valence-corrected chi connectivity index (χ4v) is 5.01. The van der Waals surface area contributed by atoms with Gasteiger partial charge in [0.1, 0.15) is 5.82 Å². The molecule has 4 rings (SSSR count). The van der Waals surface area contributed by atoms with E-state index in [0.29, 0.717) is 17.0 Å². The number of aromatic carboxylic acids is 1. The van der Waals surface area contributed by atoms with Crippen molar-refractivity contribution in [3.8, 4) is 11.1 Å². The standard InChI is InChI=1S/C27H28N2O4S/c1-3-5-10-26-28-24-16-15-21(34(32,33)4-2)17-25(24)29(26)18-19-11-13-20(14-12-19)22-8-6-7-9-23(22)27(30)31/h6-9,11-17H,3-5,10,18H2,1-2H3,(H,30,31). The molecule has 0 saturated heterocycles. The number of nitrogens with zero attached hydrogens (tertiary/aromatic N) is 2. The van der Waals surface area contributed by atoms with E-state index in [-0.39, 0.29) is 11.3 Å². The molecular weight excluding hydrogens is 448 g/mol. The van der Waals surface area contributed by atoms with E-state index in [9.17, 15) is 18.3 Å². The number of hydrogen-bond donors (Lipinski definition) is 1. The molecule has 0 fully saturated rings. The lowest BCUT2D eigenvalue weighted by Crippen LogP contribution is -2.07. The van der Waals surface area contributed by atoms with Crippen molar-refractivity contribution in [1.29, 1.82) is 0 Å². The molecule has 6 nitrogen and oxygen atoms in total. The summed E-state index contributed by atoms with van der Waals surface area (Å²) in [6.07, 6.45) is 2.84. The summed E-state index contributed by atoms with van der Waals surface area (Å²) in [5.41, 5.74) is 4.39. The highest BCUT2D eigenvalue weighted by Crippen LogP contribution is 2.26. The maximum Gasteiger partial charge on any atom is 0.336 e. The van der Waals surface area contributed by atoms with Crippen molar-refractivity contribution >= 4 is 26.8 Å². The summed E-state index contributed by atoms with van der Waals surface area (Å²) in [6.45, 7) is 4.33. The van der Waals surface area contributed by atoms with Crippen LogP contribution in [-0.2, 0) is 22.8 Å². The van der Waals surface area contributed by atoms with Gasteiger partial charge in [0.05, 0.1) is 27.2 Å². The molecule has 0 amide bonds. The quantitative estimate of drug-likeness (QED) is 0.340. The number of sulfone groups is 1. The van der Waals surface area contributed by atoms with Gasteiger partial charge in [0.2, 0.25) is 0 Å². The Morgan fingerprint density at radius 2 is 1.74 bits per heavy atom. The Morgan fingerprint density at radius 3 is 2.41 bits per heavy atom. The van der Waals surface area contributed by atoms with E-state index in [1.165, 1.54) is 0 Å². The molecule has 176 valence electrons. The molecule has 0 spiro atoms. The fraction of sp³-hybridized carbons (Fsp3) is 0.259. The second kappa shape index (κ2) is 9.81. The van der Waals surface area contributed by atoms with Crippen LogP contribution in [0.15, 0.2) is 71.6 Å². The predicted octanol–water partition coefficient (Wildman–Crippen LogP) is 5.59. The molecule has 0 atom stereocenters. The van der Waals surface area contributed by atoms with Gasteiger partial charge in [-0.05, 0) is 47.4 Å². The average molecular weight is 477 g/mol. The molecule has 0 aliphatic carbocycles. The highest BCUT2D eigenvalue weighted by Gasteiger charge is 2.17. The number of aryl methyl sites for hydroxylation is 1. The van der Waals surface area contributed by atoms with Crippen molar-refractivity contribution in [2.45, 2.75) is 44.6 Å². The monoisotopic (exact) mass is 476 g/mol. The van der Waals surface area contributed by atoms with Gasteiger partial charge in [-0.3, -0.25) is 0 Å². The van der Waals surface area contributed by atoms with Crippen molar-refractivity contribution in [1.82, 2.24) is 9.55 Å². The van der Waals surface area contributed by atoms with Crippen molar-refractivity contribution in [3.05, 3.63) is 83.7 Å². The first-order valence-electron chi connectivity index (χ1n) is 11.5. The van der Waals surface area contributed by atoms with Crippen LogP contribution in [0.5, 0.6) is 0 Å². The number of aromatic nitrogens is 2. The van der Waals surface area contributed by atoms with E-state index < -0.39 is 15.8 Å². The van der Waals surface area contributed by atoms with Gasteiger partial charge in [-0.15, -0.1) is 0 Å². The molecule has 0 saturated carbocycles. The molecule has 0 unspecified atom stereocenters. The van der Waals surface area contributed by atoms with Gasteiger partial charge < -0.3 is 9.67 Å². The van der Waals surface area contributed by atoms with Gasteiger partial charge >= 0.3 is 5.97 Å². The van der Waals surface area contributed by atoms with Crippen LogP contribution in [-0.4, -0.2) is 34.8 Å². The minimum atomic E-state index is -3.32. The van der Waals surface area contributed by atoms with E-state index >= 15 is 0 Å². The number of rotatable bonds is 9. The van der Waals surface area contributed by atoms with E-state index in [4.69, 9.17) is 4.98 Å². The Morgan fingerprint density at radius 1 is 1.00 bits per heavy atom. The maximum atomic E-state index is 12.5. The van der Waals surface area contributed by atoms with Crippen molar-refractivity contribution in [2.24, 2.45) is 0 Å². The second-order valence-electron chi connectivity index (χ2n) is 8.32. The first-order chi connectivity index (χ1) is 16.3. The van der Waals surface area contributed by atoms with E-state index in [1.807, 2.05) is 30.3 Å². The lowest BCUT2D eigenvalue weighted by atomic mass is 9.99. The summed E-state index contributed by atoms with van der Waals surface area (Å²) >= 11 is 0. The molecule has 1 heterocycles. The van der Waals surface area contributed by atoms with Crippen LogP contribution in [0.1, 0.15) is 48.4 Å². The Kier molecular flexibility index (Phi) is 6.84. The number of hydrogen-bond acceptors (Lipinski definition) is 4. The van der Waals surface area contributed by atoms with Gasteiger partial charge in [0.25, 0.3) is 0 Å². The average Bonchev–Trinajstić information content (AvgIpc) is 3.19. The molecule has 7 heteroatoms. The highest BCUT2D eigenvalue weighted by molar-refractivity contribution is 7.91. The number of imidazole rings is 1. The molecular formula is C27H28N2O4S. The van der Waals surface area contributed by atoms with Gasteiger partial charge in [0.15, 0.2) is 9.84 Å². The van der Waals surface area contributed by atoms with E-state index in [2.05, 4.69) is 11.5 Å². The highest BCUT2D eigenvalue weighted by atomic mass is 32.2. The van der Waals surface area contributed by atoms with Gasteiger partial charge in [-0.1, -0.05) is 62.7 Å². The van der Waals surface area contributed by atoms with Crippen LogP contribution in [0, 0.1) is 0 Å². The third-order valence-corrected chi connectivity index (χ3v) is 7.79. The van der Waals surface area contributed by atoms with Gasteiger partial charge in [-0.25, -0.2) is 18.2 Å². The van der Waals surface area contributed by atoms with Crippen molar-refractivity contribution in [3.63, 3.8) is 0 Å². The molecule has 0 bridgehead atoms. The minimum Gasteiger partial charge on any atom is -0.478 e. The van der Waals surface area contributed by atoms with Crippen LogP contribution < -0.4 is 0 Å². The number of unbranched alkanes of at least 4 members (excludes halogenated alkanes) is 1. The van der Waals surface area contributed by atoms with Crippen LogP contribution in [0.4, 0.5) is 0 Å². The Hall–Kier alpha value is -3.45. The van der Waals surface area contributed by atoms with Crippen LogP contribution in [0.3, 0.4) is 0 Å². The van der Waals surface area contributed by atoms with Crippen LogP contribution >= 0.6 is 0 Å². The lowest BCUT2D eigenvalue weighted by molar-refractivity contribution is 0.0697. The van der Waals surface area contributed by atoms with E-state index in [0.717, 1.165) is 47.2 Å². The summed E-state index contributed by atoms with van der Waals surface area (Å²) in [4.78, 5) is 16.7. The van der Waals surface area contributed by atoms with Gasteiger partial charge in [0, 0.05) is 13.0 Å². The molecule has 1 N–H and O–H groups in total. The fourth-order valence-electron chi connectivity index (χ4n) is 4.11. The zero-order valence-corrected chi connectivity index (χ0v) is 20.2. The van der Waals surface area contributed by atoms with Gasteiger partial charge in [-0.2, -0.15) is 0 Å². The lowest BCUT2D eigenvalue weighted by Gasteiger charge is -2.12. The summed E-state index contributed by atoms with van der Waals surface area (Å²) < 4.78 is 27.0. The number of fused-ring (bicyclic) bond motifs is 1. The third-order valence-electron chi connectivity index (χ3n) is 6.05. The summed E-state index contributed by atoms with van der Waals surface area (Å²) in [5.74, 6) is 0.0281. The molecule has 34 heavy (non-hydrogen) atoms. The second-order valence-corrected chi connectivity index (χ2v) is 10.6. The summed E-state index contributed by atoms with van der Waals surface area (Å²) in [6, 6.07) is 19.9. The molecule has 1 aromatic heterocycles. The van der Waals surface area contributed by atoms with Crippen LogP contribution in [0.25, 0.3) is 22.2 Å². The Labute approximate surface area is 199 Å². The molecule has 0 aliphatic heterocycles. The first-order valence-corrected chi connectivity index (χ1v) is 13.1. The SMILES string of the molecule is CCCCc1nc2ccc(S(=O)(=O)CC)cc2n1Cc1ccc(-c2ccccc2C(=O)O)cc1. The van der Waals surface area contributed by atoms with Crippen molar-refractivity contribution in [2.75, 3.05) is 5.75 Å².